The number of hydrogen-bond acceptors (Lipinski definition) is 2. The molecule has 0 radical (unpaired) electrons. The van der Waals surface area contributed by atoms with E-state index in [0.29, 0.717) is 12.6 Å². The molecule has 19 heavy (non-hydrogen) atoms. The van der Waals surface area contributed by atoms with Gasteiger partial charge < -0.3 is 10.1 Å². The van der Waals surface area contributed by atoms with Gasteiger partial charge in [0, 0.05) is 17.1 Å². The average molecular weight is 320 g/mol. The van der Waals surface area contributed by atoms with Crippen LogP contribution in [0.4, 0.5) is 0 Å². The maximum absolute atomic E-state index is 5.64. The first kappa shape index (κ1) is 14.1. The lowest BCUT2D eigenvalue weighted by Crippen LogP contribution is -2.24. The van der Waals surface area contributed by atoms with E-state index in [9.17, 15) is 0 Å². The lowest BCUT2D eigenvalue weighted by molar-refractivity contribution is 0.307. The second kappa shape index (κ2) is 7.31. The second-order valence-corrected chi connectivity index (χ2v) is 5.30. The van der Waals surface area contributed by atoms with Crippen LogP contribution in [0.2, 0.25) is 0 Å². The molecule has 0 spiro atoms. The van der Waals surface area contributed by atoms with Crippen LogP contribution in [0.3, 0.4) is 0 Å². The maximum atomic E-state index is 5.64. The Morgan fingerprint density at radius 2 is 1.74 bits per heavy atom. The predicted octanol–water partition coefficient (Wildman–Crippen LogP) is 4.18. The Bertz CT molecular complexity index is 484. The number of ether oxygens (including phenoxy) is 1. The Balaban J connectivity index is 1.72. The molecular weight excluding hydrogens is 302 g/mol. The van der Waals surface area contributed by atoms with Crippen molar-refractivity contribution in [3.05, 3.63) is 64.6 Å². The van der Waals surface area contributed by atoms with E-state index in [2.05, 4.69) is 52.4 Å². The number of benzene rings is 2. The minimum absolute atomic E-state index is 0.326. The molecule has 0 bridgehead atoms. The molecule has 0 fully saturated rings. The number of rotatable bonds is 6. The van der Waals surface area contributed by atoms with Crippen molar-refractivity contribution >= 4 is 15.9 Å². The van der Waals surface area contributed by atoms with E-state index in [1.807, 2.05) is 30.3 Å². The fourth-order valence-electron chi connectivity index (χ4n) is 1.83. The molecule has 100 valence electrons. The van der Waals surface area contributed by atoms with Crippen molar-refractivity contribution < 1.29 is 4.74 Å². The van der Waals surface area contributed by atoms with Crippen LogP contribution in [-0.2, 0) is 0 Å². The van der Waals surface area contributed by atoms with Crippen molar-refractivity contribution in [2.24, 2.45) is 0 Å². The molecule has 2 aromatic carbocycles. The van der Waals surface area contributed by atoms with Gasteiger partial charge in [-0.05, 0) is 36.8 Å². The number of para-hydroxylation sites is 1. The van der Waals surface area contributed by atoms with Crippen LogP contribution in [0.25, 0.3) is 0 Å². The zero-order chi connectivity index (χ0) is 13.5. The number of nitrogens with one attached hydrogen (secondary N) is 1. The SMILES string of the molecule is C[C@H](NCCOc1ccccc1)c1ccc(Br)cc1. The minimum Gasteiger partial charge on any atom is -0.492 e. The van der Waals surface area contributed by atoms with Gasteiger partial charge in [-0.3, -0.25) is 0 Å². The van der Waals surface area contributed by atoms with Crippen LogP contribution in [-0.4, -0.2) is 13.2 Å². The van der Waals surface area contributed by atoms with E-state index in [0.717, 1.165) is 16.8 Å². The van der Waals surface area contributed by atoms with Gasteiger partial charge in [-0.1, -0.05) is 46.3 Å². The third-order valence-electron chi connectivity index (χ3n) is 2.93. The standard InChI is InChI=1S/C16H18BrNO/c1-13(14-7-9-15(17)10-8-14)18-11-12-19-16-5-3-2-4-6-16/h2-10,13,18H,11-12H2,1H3/t13-/m0/s1. The molecule has 1 atom stereocenters. The molecule has 0 saturated carbocycles. The summed E-state index contributed by atoms with van der Waals surface area (Å²) in [6, 6.07) is 18.6. The van der Waals surface area contributed by atoms with Gasteiger partial charge in [-0.2, -0.15) is 0 Å². The van der Waals surface area contributed by atoms with E-state index in [-0.39, 0.29) is 0 Å². The summed E-state index contributed by atoms with van der Waals surface area (Å²) in [7, 11) is 0. The topological polar surface area (TPSA) is 21.3 Å². The molecule has 2 nitrogen and oxygen atoms in total. The lowest BCUT2D eigenvalue weighted by Gasteiger charge is -2.14. The van der Waals surface area contributed by atoms with Crippen molar-refractivity contribution in [1.82, 2.24) is 5.32 Å². The van der Waals surface area contributed by atoms with E-state index in [1.165, 1.54) is 5.56 Å². The van der Waals surface area contributed by atoms with Crippen LogP contribution < -0.4 is 10.1 Å². The van der Waals surface area contributed by atoms with Gasteiger partial charge in [-0.25, -0.2) is 0 Å². The highest BCUT2D eigenvalue weighted by atomic mass is 79.9. The van der Waals surface area contributed by atoms with E-state index in [4.69, 9.17) is 4.74 Å². The molecule has 0 heterocycles. The first-order valence-electron chi connectivity index (χ1n) is 6.42. The molecular formula is C16H18BrNO. The van der Waals surface area contributed by atoms with Gasteiger partial charge in [0.1, 0.15) is 12.4 Å². The smallest absolute Gasteiger partial charge is 0.119 e. The molecule has 2 rings (SSSR count). The third-order valence-corrected chi connectivity index (χ3v) is 3.46. The molecule has 1 N–H and O–H groups in total. The van der Waals surface area contributed by atoms with Crippen LogP contribution in [0.15, 0.2) is 59.1 Å². The monoisotopic (exact) mass is 319 g/mol. The van der Waals surface area contributed by atoms with E-state index < -0.39 is 0 Å². The third kappa shape index (κ3) is 4.69. The van der Waals surface area contributed by atoms with Crippen LogP contribution in [0.5, 0.6) is 5.75 Å². The maximum Gasteiger partial charge on any atom is 0.119 e. The van der Waals surface area contributed by atoms with E-state index >= 15 is 0 Å². The normalized spacial score (nSPS) is 12.1. The predicted molar refractivity (Wildman–Crippen MR) is 82.5 cm³/mol. The lowest BCUT2D eigenvalue weighted by atomic mass is 10.1. The van der Waals surface area contributed by atoms with Gasteiger partial charge in [0.15, 0.2) is 0 Å². The molecule has 0 aromatic heterocycles. The zero-order valence-electron chi connectivity index (χ0n) is 11.0. The Morgan fingerprint density at radius 3 is 2.42 bits per heavy atom. The summed E-state index contributed by atoms with van der Waals surface area (Å²) < 4.78 is 6.75. The van der Waals surface area contributed by atoms with Crippen molar-refractivity contribution in [2.45, 2.75) is 13.0 Å². The molecule has 0 aliphatic rings. The summed E-state index contributed by atoms with van der Waals surface area (Å²) in [5.41, 5.74) is 1.28. The second-order valence-electron chi connectivity index (χ2n) is 4.39. The van der Waals surface area contributed by atoms with Gasteiger partial charge >= 0.3 is 0 Å². The Kier molecular flexibility index (Phi) is 5.43. The van der Waals surface area contributed by atoms with Crippen molar-refractivity contribution in [1.29, 1.82) is 0 Å². The van der Waals surface area contributed by atoms with Crippen LogP contribution in [0, 0.1) is 0 Å². The van der Waals surface area contributed by atoms with Crippen molar-refractivity contribution in [3.8, 4) is 5.75 Å². The highest BCUT2D eigenvalue weighted by Crippen LogP contribution is 2.16. The average Bonchev–Trinajstić information content (AvgIpc) is 2.45. The summed E-state index contributed by atoms with van der Waals surface area (Å²) >= 11 is 3.44. The quantitative estimate of drug-likeness (QED) is 0.806. The first-order valence-corrected chi connectivity index (χ1v) is 7.22. The summed E-state index contributed by atoms with van der Waals surface area (Å²) in [6.07, 6.45) is 0. The number of halogens is 1. The Morgan fingerprint density at radius 1 is 1.05 bits per heavy atom. The van der Waals surface area contributed by atoms with Gasteiger partial charge in [-0.15, -0.1) is 0 Å². The van der Waals surface area contributed by atoms with Gasteiger partial charge in [0.05, 0.1) is 0 Å². The Labute approximate surface area is 122 Å². The highest BCUT2D eigenvalue weighted by molar-refractivity contribution is 9.10. The number of hydrogen-bond donors (Lipinski definition) is 1. The molecule has 0 saturated heterocycles. The van der Waals surface area contributed by atoms with E-state index in [1.54, 1.807) is 0 Å². The largest absolute Gasteiger partial charge is 0.492 e. The zero-order valence-corrected chi connectivity index (χ0v) is 12.6. The van der Waals surface area contributed by atoms with Crippen molar-refractivity contribution in [3.63, 3.8) is 0 Å². The fraction of sp³-hybridized carbons (Fsp3) is 0.250. The molecule has 3 heteroatoms. The fourth-order valence-corrected chi connectivity index (χ4v) is 2.09. The molecule has 0 aliphatic carbocycles. The summed E-state index contributed by atoms with van der Waals surface area (Å²) in [5.74, 6) is 0.917. The van der Waals surface area contributed by atoms with Gasteiger partial charge in [0.2, 0.25) is 0 Å². The van der Waals surface area contributed by atoms with Gasteiger partial charge in [0.25, 0.3) is 0 Å². The highest BCUT2D eigenvalue weighted by Gasteiger charge is 2.03. The van der Waals surface area contributed by atoms with Crippen LogP contribution in [0.1, 0.15) is 18.5 Å². The molecule has 0 unspecified atom stereocenters. The summed E-state index contributed by atoms with van der Waals surface area (Å²) in [4.78, 5) is 0. The Hall–Kier alpha value is -1.32. The minimum atomic E-state index is 0.326. The molecule has 0 amide bonds. The summed E-state index contributed by atoms with van der Waals surface area (Å²) in [6.45, 7) is 3.66. The molecule has 0 aliphatic heterocycles. The van der Waals surface area contributed by atoms with Crippen molar-refractivity contribution in [2.75, 3.05) is 13.2 Å². The summed E-state index contributed by atoms with van der Waals surface area (Å²) in [5, 5.41) is 3.45. The van der Waals surface area contributed by atoms with Crippen LogP contribution >= 0.6 is 15.9 Å². The molecule has 2 aromatic rings. The first-order chi connectivity index (χ1) is 9.25.